The molecule has 0 bridgehead atoms. The fourth-order valence-corrected chi connectivity index (χ4v) is 2.42. The first-order valence-electron chi connectivity index (χ1n) is 6.43. The summed E-state index contributed by atoms with van der Waals surface area (Å²) in [6, 6.07) is 9.51. The third kappa shape index (κ3) is 2.64. The van der Waals surface area contributed by atoms with Gasteiger partial charge in [0.05, 0.1) is 24.8 Å². The number of rotatable bonds is 4. The summed E-state index contributed by atoms with van der Waals surface area (Å²) in [5.74, 6) is 0.0855. The van der Waals surface area contributed by atoms with Gasteiger partial charge in [0.25, 0.3) is 0 Å². The number of nitrogens with zero attached hydrogens (tertiary/aromatic N) is 2. The molecule has 5 nitrogen and oxygen atoms in total. The standard InChI is InChI=1S/C14H17ClN2O3/c1-2-20-13(19)17-14(9-15,10-18)8-12(16-17)11-6-4-3-5-7-11/h3-7,18H,2,8-10H2,1H3. The molecule has 1 amide bonds. The average molecular weight is 297 g/mol. The average Bonchev–Trinajstić information content (AvgIpc) is 2.89. The Hall–Kier alpha value is -1.59. The number of aliphatic hydroxyl groups excluding tert-OH is 1. The second kappa shape index (κ2) is 6.24. The van der Waals surface area contributed by atoms with E-state index in [1.54, 1.807) is 6.92 Å². The van der Waals surface area contributed by atoms with Gasteiger partial charge in [-0.1, -0.05) is 30.3 Å². The number of ether oxygens (including phenoxy) is 1. The van der Waals surface area contributed by atoms with Crippen LogP contribution in [0.2, 0.25) is 0 Å². The Labute approximate surface area is 122 Å². The highest BCUT2D eigenvalue weighted by atomic mass is 35.5. The molecule has 0 spiro atoms. The van der Waals surface area contributed by atoms with Crippen LogP contribution in [0.5, 0.6) is 0 Å². The molecule has 20 heavy (non-hydrogen) atoms. The molecule has 0 saturated heterocycles. The zero-order chi connectivity index (χ0) is 14.6. The van der Waals surface area contributed by atoms with Gasteiger partial charge in [-0.2, -0.15) is 10.1 Å². The van der Waals surface area contributed by atoms with E-state index in [9.17, 15) is 9.90 Å². The Morgan fingerprint density at radius 2 is 2.20 bits per heavy atom. The van der Waals surface area contributed by atoms with Gasteiger partial charge in [-0.25, -0.2) is 4.79 Å². The molecule has 108 valence electrons. The Kier molecular flexibility index (Phi) is 4.62. The molecular weight excluding hydrogens is 280 g/mol. The first-order chi connectivity index (χ1) is 9.66. The lowest BCUT2D eigenvalue weighted by Crippen LogP contribution is -2.50. The highest BCUT2D eigenvalue weighted by Gasteiger charge is 2.46. The number of carbonyl (C=O) groups is 1. The summed E-state index contributed by atoms with van der Waals surface area (Å²) in [5, 5.41) is 15.1. The van der Waals surface area contributed by atoms with Gasteiger partial charge in [0.2, 0.25) is 0 Å². The van der Waals surface area contributed by atoms with Crippen LogP contribution in [0.1, 0.15) is 18.9 Å². The summed E-state index contributed by atoms with van der Waals surface area (Å²) >= 11 is 5.97. The third-order valence-corrected chi connectivity index (χ3v) is 3.75. The molecular formula is C14H17ClN2O3. The number of halogens is 1. The minimum atomic E-state index is -0.932. The van der Waals surface area contributed by atoms with E-state index in [1.807, 2.05) is 30.3 Å². The maximum Gasteiger partial charge on any atom is 0.431 e. The van der Waals surface area contributed by atoms with Crippen molar-refractivity contribution in [2.75, 3.05) is 19.1 Å². The summed E-state index contributed by atoms with van der Waals surface area (Å²) in [5.41, 5.74) is 0.689. The van der Waals surface area contributed by atoms with E-state index in [0.29, 0.717) is 12.1 Å². The maximum atomic E-state index is 12.0. The molecule has 0 saturated carbocycles. The Bertz CT molecular complexity index is 500. The highest BCUT2D eigenvalue weighted by molar-refractivity contribution is 6.19. The molecule has 1 aromatic rings. The van der Waals surface area contributed by atoms with E-state index in [1.165, 1.54) is 5.01 Å². The van der Waals surface area contributed by atoms with Gasteiger partial charge in [0.1, 0.15) is 5.54 Å². The van der Waals surface area contributed by atoms with Gasteiger partial charge in [-0.15, -0.1) is 11.6 Å². The summed E-state index contributed by atoms with van der Waals surface area (Å²) in [7, 11) is 0. The van der Waals surface area contributed by atoms with Crippen LogP contribution >= 0.6 is 11.6 Å². The predicted molar refractivity (Wildman–Crippen MR) is 77.0 cm³/mol. The van der Waals surface area contributed by atoms with Crippen molar-refractivity contribution in [3.63, 3.8) is 0 Å². The second-order valence-corrected chi connectivity index (χ2v) is 4.88. The van der Waals surface area contributed by atoms with Crippen molar-refractivity contribution in [3.05, 3.63) is 35.9 Å². The molecule has 2 rings (SSSR count). The number of alkyl halides is 1. The lowest BCUT2D eigenvalue weighted by molar-refractivity contribution is 0.0442. The molecule has 1 aliphatic rings. The van der Waals surface area contributed by atoms with E-state index < -0.39 is 11.6 Å². The molecule has 0 aliphatic carbocycles. The van der Waals surface area contributed by atoms with Gasteiger partial charge in [0.15, 0.2) is 0 Å². The molecule has 1 aromatic carbocycles. The van der Waals surface area contributed by atoms with Crippen LogP contribution in [0.15, 0.2) is 35.4 Å². The molecule has 0 radical (unpaired) electrons. The van der Waals surface area contributed by atoms with Crippen LogP contribution in [0.4, 0.5) is 4.79 Å². The van der Waals surface area contributed by atoms with Gasteiger partial charge in [-0.05, 0) is 12.5 Å². The topological polar surface area (TPSA) is 62.1 Å². The van der Waals surface area contributed by atoms with Gasteiger partial charge in [-0.3, -0.25) is 0 Å². The van der Waals surface area contributed by atoms with Crippen molar-refractivity contribution in [2.24, 2.45) is 5.10 Å². The number of hydrogen-bond donors (Lipinski definition) is 1. The first kappa shape index (κ1) is 14.8. The summed E-state index contributed by atoms with van der Waals surface area (Å²) in [6.07, 6.45) is -0.191. The number of hydrazone groups is 1. The number of aliphatic hydroxyl groups is 1. The SMILES string of the molecule is CCOC(=O)N1N=C(c2ccccc2)CC1(CO)CCl. The smallest absolute Gasteiger partial charge is 0.431 e. The predicted octanol–water partition coefficient (Wildman–Crippen LogP) is 2.22. The Morgan fingerprint density at radius 3 is 2.75 bits per heavy atom. The van der Waals surface area contributed by atoms with E-state index in [2.05, 4.69) is 5.10 Å². The maximum absolute atomic E-state index is 12.0. The molecule has 1 heterocycles. The van der Waals surface area contributed by atoms with Gasteiger partial charge < -0.3 is 9.84 Å². The first-order valence-corrected chi connectivity index (χ1v) is 6.97. The normalized spacial score (nSPS) is 21.8. The number of hydrogen-bond acceptors (Lipinski definition) is 4. The largest absolute Gasteiger partial charge is 0.448 e. The number of amides is 1. The van der Waals surface area contributed by atoms with Crippen molar-refractivity contribution < 1.29 is 14.6 Å². The molecule has 1 unspecified atom stereocenters. The summed E-state index contributed by atoms with van der Waals surface area (Å²) < 4.78 is 4.98. The van der Waals surface area contributed by atoms with Crippen LogP contribution < -0.4 is 0 Å². The van der Waals surface area contributed by atoms with E-state index in [4.69, 9.17) is 16.3 Å². The van der Waals surface area contributed by atoms with E-state index >= 15 is 0 Å². The number of benzene rings is 1. The van der Waals surface area contributed by atoms with Crippen LogP contribution in [-0.2, 0) is 4.74 Å². The van der Waals surface area contributed by atoms with E-state index in [-0.39, 0.29) is 19.1 Å². The molecule has 1 atom stereocenters. The minimum absolute atomic E-state index is 0.0855. The van der Waals surface area contributed by atoms with Gasteiger partial charge in [0, 0.05) is 6.42 Å². The van der Waals surface area contributed by atoms with Crippen molar-refractivity contribution in [1.82, 2.24) is 5.01 Å². The van der Waals surface area contributed by atoms with Crippen LogP contribution in [0.3, 0.4) is 0 Å². The third-order valence-electron chi connectivity index (χ3n) is 3.26. The molecule has 1 N–H and O–H groups in total. The molecule has 0 aromatic heterocycles. The van der Waals surface area contributed by atoms with Crippen LogP contribution in [0.25, 0.3) is 0 Å². The highest BCUT2D eigenvalue weighted by Crippen LogP contribution is 2.31. The fourth-order valence-electron chi connectivity index (χ4n) is 2.13. The second-order valence-electron chi connectivity index (χ2n) is 4.62. The zero-order valence-corrected chi connectivity index (χ0v) is 12.0. The van der Waals surface area contributed by atoms with Crippen molar-refractivity contribution >= 4 is 23.4 Å². The quantitative estimate of drug-likeness (QED) is 0.867. The van der Waals surface area contributed by atoms with Crippen molar-refractivity contribution in [2.45, 2.75) is 18.9 Å². The van der Waals surface area contributed by atoms with E-state index in [0.717, 1.165) is 5.56 Å². The lowest BCUT2D eigenvalue weighted by Gasteiger charge is -2.31. The summed E-state index contributed by atoms with van der Waals surface area (Å²) in [6.45, 7) is 1.70. The Balaban J connectivity index is 2.33. The van der Waals surface area contributed by atoms with Crippen LogP contribution in [0, 0.1) is 0 Å². The molecule has 1 aliphatic heterocycles. The summed E-state index contributed by atoms with van der Waals surface area (Å²) in [4.78, 5) is 12.0. The molecule has 6 heteroatoms. The molecule has 0 fully saturated rings. The lowest BCUT2D eigenvalue weighted by atomic mass is 9.94. The number of carbonyl (C=O) groups excluding carboxylic acids is 1. The van der Waals surface area contributed by atoms with Gasteiger partial charge >= 0.3 is 6.09 Å². The van der Waals surface area contributed by atoms with Crippen molar-refractivity contribution in [3.8, 4) is 0 Å². The monoisotopic (exact) mass is 296 g/mol. The van der Waals surface area contributed by atoms with Crippen LogP contribution in [-0.4, -0.2) is 46.6 Å². The fraction of sp³-hybridized carbons (Fsp3) is 0.429. The Morgan fingerprint density at radius 1 is 1.50 bits per heavy atom. The zero-order valence-electron chi connectivity index (χ0n) is 11.3. The minimum Gasteiger partial charge on any atom is -0.448 e. The van der Waals surface area contributed by atoms with Crippen molar-refractivity contribution in [1.29, 1.82) is 0 Å².